The Balaban J connectivity index is 2.06. The summed E-state index contributed by atoms with van der Waals surface area (Å²) >= 11 is 0. The van der Waals surface area contributed by atoms with E-state index in [-0.39, 0.29) is 0 Å². The van der Waals surface area contributed by atoms with E-state index in [1.807, 2.05) is 13.8 Å². The van der Waals surface area contributed by atoms with Crippen molar-refractivity contribution >= 4 is 0 Å². The molecule has 0 bridgehead atoms. The molecular weight excluding hydrogens is 236 g/mol. The third kappa shape index (κ3) is 2.76. The summed E-state index contributed by atoms with van der Waals surface area (Å²) in [5, 5.41) is 3.58. The van der Waals surface area contributed by atoms with Crippen LogP contribution in [0.4, 0.5) is 0 Å². The second-order valence-electron chi connectivity index (χ2n) is 5.43. The van der Waals surface area contributed by atoms with E-state index in [1.54, 1.807) is 0 Å². The fourth-order valence-electron chi connectivity index (χ4n) is 2.57. The number of aromatic nitrogens is 1. The Morgan fingerprint density at radius 3 is 2.37 bits per heavy atom. The van der Waals surface area contributed by atoms with Gasteiger partial charge >= 0.3 is 0 Å². The zero-order chi connectivity index (χ0) is 14.2. The maximum absolute atomic E-state index is 5.59. The summed E-state index contributed by atoms with van der Waals surface area (Å²) in [7, 11) is 2.11. The van der Waals surface area contributed by atoms with Gasteiger partial charge in [0, 0.05) is 36.6 Å². The Bertz CT molecular complexity index is 578. The molecule has 2 aromatic rings. The van der Waals surface area contributed by atoms with Crippen molar-refractivity contribution in [2.24, 2.45) is 7.05 Å². The van der Waals surface area contributed by atoms with Gasteiger partial charge in [-0.2, -0.15) is 0 Å². The van der Waals surface area contributed by atoms with E-state index < -0.39 is 0 Å². The molecule has 0 aromatic carbocycles. The largest absolute Gasteiger partial charge is 0.466 e. The minimum Gasteiger partial charge on any atom is -0.466 e. The van der Waals surface area contributed by atoms with E-state index in [2.05, 4.69) is 49.8 Å². The number of rotatable bonds is 4. The maximum atomic E-state index is 5.59. The summed E-state index contributed by atoms with van der Waals surface area (Å²) in [5.41, 5.74) is 5.25. The molecule has 0 aliphatic rings. The fraction of sp³-hybridized carbons (Fsp3) is 0.500. The molecular formula is C16H24N2O. The van der Waals surface area contributed by atoms with Crippen molar-refractivity contribution in [3.05, 3.63) is 46.2 Å². The van der Waals surface area contributed by atoms with Crippen LogP contribution in [0.5, 0.6) is 0 Å². The summed E-state index contributed by atoms with van der Waals surface area (Å²) in [6.45, 7) is 11.4. The summed E-state index contributed by atoms with van der Waals surface area (Å²) in [4.78, 5) is 0. The van der Waals surface area contributed by atoms with E-state index in [4.69, 9.17) is 4.42 Å². The van der Waals surface area contributed by atoms with Crippen LogP contribution in [-0.4, -0.2) is 4.57 Å². The Hall–Kier alpha value is -1.48. The van der Waals surface area contributed by atoms with Gasteiger partial charge in [0.15, 0.2) is 0 Å². The molecule has 0 aliphatic carbocycles. The normalized spacial score (nSPS) is 12.9. The van der Waals surface area contributed by atoms with Gasteiger partial charge < -0.3 is 14.3 Å². The first kappa shape index (κ1) is 13.9. The quantitative estimate of drug-likeness (QED) is 0.908. The van der Waals surface area contributed by atoms with Gasteiger partial charge in [-0.3, -0.25) is 0 Å². The van der Waals surface area contributed by atoms with Gasteiger partial charge in [-0.1, -0.05) is 0 Å². The van der Waals surface area contributed by atoms with E-state index in [1.165, 1.54) is 22.5 Å². The molecule has 104 valence electrons. The minimum absolute atomic E-state index is 0.303. The lowest BCUT2D eigenvalue weighted by Gasteiger charge is -2.13. The molecule has 1 unspecified atom stereocenters. The number of furan rings is 1. The van der Waals surface area contributed by atoms with Crippen molar-refractivity contribution in [1.82, 2.24) is 9.88 Å². The predicted molar refractivity (Wildman–Crippen MR) is 78.3 cm³/mol. The summed E-state index contributed by atoms with van der Waals surface area (Å²) in [6, 6.07) is 4.68. The molecule has 0 aliphatic heterocycles. The van der Waals surface area contributed by atoms with E-state index in [0.717, 1.165) is 18.1 Å². The number of nitrogens with one attached hydrogen (secondary N) is 1. The van der Waals surface area contributed by atoms with Crippen LogP contribution in [-0.2, 0) is 13.6 Å². The Labute approximate surface area is 115 Å². The molecule has 0 amide bonds. The van der Waals surface area contributed by atoms with E-state index >= 15 is 0 Å². The second kappa shape index (κ2) is 5.25. The first-order chi connectivity index (χ1) is 8.90. The average molecular weight is 260 g/mol. The molecule has 0 saturated carbocycles. The molecule has 3 heteroatoms. The predicted octanol–water partition coefficient (Wildman–Crippen LogP) is 3.70. The summed E-state index contributed by atoms with van der Waals surface area (Å²) < 4.78 is 7.82. The van der Waals surface area contributed by atoms with Crippen molar-refractivity contribution in [2.45, 2.75) is 47.2 Å². The van der Waals surface area contributed by atoms with Gasteiger partial charge in [-0.15, -0.1) is 0 Å². The monoisotopic (exact) mass is 260 g/mol. The lowest BCUT2D eigenvalue weighted by Crippen LogP contribution is -2.18. The maximum Gasteiger partial charge on any atom is 0.105 e. The molecule has 2 heterocycles. The van der Waals surface area contributed by atoms with Crippen LogP contribution < -0.4 is 5.32 Å². The number of hydrogen-bond acceptors (Lipinski definition) is 2. The Morgan fingerprint density at radius 1 is 1.21 bits per heavy atom. The lowest BCUT2D eigenvalue weighted by molar-refractivity contribution is 0.489. The molecule has 0 saturated heterocycles. The summed E-state index contributed by atoms with van der Waals surface area (Å²) in [5.74, 6) is 1.99. The summed E-state index contributed by atoms with van der Waals surface area (Å²) in [6.07, 6.45) is 0. The highest BCUT2D eigenvalue weighted by Crippen LogP contribution is 2.22. The SMILES string of the molecule is Cc1cc(C(C)NCc2cc(C)n(C)c2C)c(C)o1. The van der Waals surface area contributed by atoms with Crippen LogP contribution in [0.1, 0.15) is 47.0 Å². The van der Waals surface area contributed by atoms with Crippen molar-refractivity contribution < 1.29 is 4.42 Å². The molecule has 2 rings (SSSR count). The minimum atomic E-state index is 0.303. The van der Waals surface area contributed by atoms with Gasteiger partial charge in [0.05, 0.1) is 0 Å². The molecule has 0 fully saturated rings. The van der Waals surface area contributed by atoms with Gasteiger partial charge in [0.2, 0.25) is 0 Å². The molecule has 0 radical (unpaired) electrons. The lowest BCUT2D eigenvalue weighted by atomic mass is 10.1. The van der Waals surface area contributed by atoms with Crippen molar-refractivity contribution in [3.8, 4) is 0 Å². The van der Waals surface area contributed by atoms with Gasteiger partial charge in [0.25, 0.3) is 0 Å². The van der Waals surface area contributed by atoms with Crippen LogP contribution >= 0.6 is 0 Å². The van der Waals surface area contributed by atoms with E-state index in [0.29, 0.717) is 6.04 Å². The standard InChI is InChI=1S/C16H24N2O/c1-10-7-15(13(4)18(10)6)9-17-12(3)16-8-11(2)19-14(16)5/h7-8,12,17H,9H2,1-6H3. The molecule has 3 nitrogen and oxygen atoms in total. The van der Waals surface area contributed by atoms with Crippen LogP contribution in [0.25, 0.3) is 0 Å². The first-order valence-corrected chi connectivity index (χ1v) is 6.82. The average Bonchev–Trinajstić information content (AvgIpc) is 2.81. The zero-order valence-corrected chi connectivity index (χ0v) is 12.8. The van der Waals surface area contributed by atoms with Gasteiger partial charge in [0.1, 0.15) is 11.5 Å². The highest BCUT2D eigenvalue weighted by molar-refractivity contribution is 5.27. The van der Waals surface area contributed by atoms with Crippen LogP contribution in [0, 0.1) is 27.7 Å². The zero-order valence-electron chi connectivity index (χ0n) is 12.8. The van der Waals surface area contributed by atoms with Crippen LogP contribution in [0.2, 0.25) is 0 Å². The molecule has 2 aromatic heterocycles. The third-order valence-electron chi connectivity index (χ3n) is 4.02. The number of hydrogen-bond donors (Lipinski definition) is 1. The molecule has 19 heavy (non-hydrogen) atoms. The first-order valence-electron chi connectivity index (χ1n) is 6.82. The topological polar surface area (TPSA) is 30.1 Å². The molecule has 0 spiro atoms. The van der Waals surface area contributed by atoms with Gasteiger partial charge in [-0.05, 0) is 52.3 Å². The highest BCUT2D eigenvalue weighted by Gasteiger charge is 2.13. The van der Waals surface area contributed by atoms with E-state index in [9.17, 15) is 0 Å². The Kier molecular flexibility index (Phi) is 3.85. The van der Waals surface area contributed by atoms with Crippen molar-refractivity contribution in [1.29, 1.82) is 0 Å². The molecule has 1 atom stereocenters. The van der Waals surface area contributed by atoms with Crippen LogP contribution in [0.15, 0.2) is 16.5 Å². The van der Waals surface area contributed by atoms with Crippen LogP contribution in [0.3, 0.4) is 0 Å². The van der Waals surface area contributed by atoms with Crippen molar-refractivity contribution in [3.63, 3.8) is 0 Å². The number of nitrogens with zero attached hydrogens (tertiary/aromatic N) is 1. The molecule has 1 N–H and O–H groups in total. The smallest absolute Gasteiger partial charge is 0.105 e. The Morgan fingerprint density at radius 2 is 1.89 bits per heavy atom. The highest BCUT2D eigenvalue weighted by atomic mass is 16.3. The van der Waals surface area contributed by atoms with Gasteiger partial charge in [-0.25, -0.2) is 0 Å². The third-order valence-corrected chi connectivity index (χ3v) is 4.02. The fourth-order valence-corrected chi connectivity index (χ4v) is 2.57. The number of aryl methyl sites for hydroxylation is 3. The second-order valence-corrected chi connectivity index (χ2v) is 5.43. The van der Waals surface area contributed by atoms with Crippen molar-refractivity contribution in [2.75, 3.05) is 0 Å².